The van der Waals surface area contributed by atoms with Crippen LogP contribution in [-0.4, -0.2) is 13.0 Å². The van der Waals surface area contributed by atoms with E-state index in [9.17, 15) is 9.18 Å². The number of amides is 1. The van der Waals surface area contributed by atoms with Gasteiger partial charge in [-0.2, -0.15) is 0 Å². The molecule has 5 heteroatoms. The summed E-state index contributed by atoms with van der Waals surface area (Å²) < 4.78 is 18.3. The number of hydrogen-bond donors (Lipinski definition) is 2. The number of nitrogen functional groups attached to an aromatic ring is 1. The number of nitrogens with two attached hydrogens (primary N) is 1. The second-order valence-electron chi connectivity index (χ2n) is 4.63. The molecule has 0 bridgehead atoms. The molecule has 0 radical (unpaired) electrons. The number of nitrogens with one attached hydrogen (secondary N) is 1. The van der Waals surface area contributed by atoms with Gasteiger partial charge in [0.2, 0.25) is 5.91 Å². The molecule has 21 heavy (non-hydrogen) atoms. The Morgan fingerprint density at radius 3 is 2.57 bits per heavy atom. The molecule has 2 rings (SSSR count). The molecule has 0 saturated carbocycles. The Morgan fingerprint density at radius 1 is 1.24 bits per heavy atom. The lowest BCUT2D eigenvalue weighted by atomic mass is 10.1. The third-order valence-corrected chi connectivity index (χ3v) is 3.08. The molecule has 2 aromatic rings. The van der Waals surface area contributed by atoms with Gasteiger partial charge in [-0.1, -0.05) is 12.1 Å². The highest BCUT2D eigenvalue weighted by atomic mass is 19.1. The quantitative estimate of drug-likeness (QED) is 0.831. The van der Waals surface area contributed by atoms with Crippen LogP contribution in [0.15, 0.2) is 42.5 Å². The number of ether oxygens (including phenoxy) is 1. The van der Waals surface area contributed by atoms with Gasteiger partial charge in [-0.05, 0) is 42.3 Å². The standard InChI is InChI=1S/C16H17FN2O2/c1-21-13-6-2-11(3-7-13)4-9-16(20)19-12-5-8-15(18)14(17)10-12/h2-3,5-8,10H,4,9,18H2,1H3,(H,19,20). The van der Waals surface area contributed by atoms with E-state index in [1.807, 2.05) is 24.3 Å². The smallest absolute Gasteiger partial charge is 0.224 e. The van der Waals surface area contributed by atoms with Crippen molar-refractivity contribution < 1.29 is 13.9 Å². The third-order valence-electron chi connectivity index (χ3n) is 3.08. The summed E-state index contributed by atoms with van der Waals surface area (Å²) >= 11 is 0. The van der Waals surface area contributed by atoms with Gasteiger partial charge < -0.3 is 15.8 Å². The van der Waals surface area contributed by atoms with Crippen LogP contribution in [0.3, 0.4) is 0 Å². The topological polar surface area (TPSA) is 64.3 Å². The highest BCUT2D eigenvalue weighted by Crippen LogP contribution is 2.17. The predicted molar refractivity (Wildman–Crippen MR) is 80.8 cm³/mol. The van der Waals surface area contributed by atoms with Crippen molar-refractivity contribution in [2.24, 2.45) is 0 Å². The maximum absolute atomic E-state index is 13.3. The van der Waals surface area contributed by atoms with E-state index >= 15 is 0 Å². The van der Waals surface area contributed by atoms with Crippen molar-refractivity contribution in [3.63, 3.8) is 0 Å². The third kappa shape index (κ3) is 4.21. The maximum atomic E-state index is 13.3. The number of halogens is 1. The molecule has 0 aliphatic carbocycles. The van der Waals surface area contributed by atoms with Gasteiger partial charge >= 0.3 is 0 Å². The predicted octanol–water partition coefficient (Wildman–Crippen LogP) is 2.99. The minimum Gasteiger partial charge on any atom is -0.497 e. The molecule has 1 amide bonds. The molecule has 0 aromatic heterocycles. The Hall–Kier alpha value is -2.56. The van der Waals surface area contributed by atoms with Gasteiger partial charge in [-0.25, -0.2) is 4.39 Å². The zero-order valence-electron chi connectivity index (χ0n) is 11.7. The highest BCUT2D eigenvalue weighted by Gasteiger charge is 2.05. The number of methoxy groups -OCH3 is 1. The molecule has 0 saturated heterocycles. The molecule has 3 N–H and O–H groups in total. The van der Waals surface area contributed by atoms with E-state index in [-0.39, 0.29) is 11.6 Å². The summed E-state index contributed by atoms with van der Waals surface area (Å²) in [5.41, 5.74) is 6.88. The molecule has 4 nitrogen and oxygen atoms in total. The van der Waals surface area contributed by atoms with Gasteiger partial charge in [0, 0.05) is 12.1 Å². The Labute approximate surface area is 122 Å². The van der Waals surface area contributed by atoms with Crippen molar-refractivity contribution in [2.45, 2.75) is 12.8 Å². The number of anilines is 2. The molecule has 0 atom stereocenters. The van der Waals surface area contributed by atoms with Gasteiger partial charge in [0.1, 0.15) is 11.6 Å². The summed E-state index contributed by atoms with van der Waals surface area (Å²) in [4.78, 5) is 11.8. The first-order chi connectivity index (χ1) is 10.1. The second kappa shape index (κ2) is 6.74. The molecule has 0 aliphatic rings. The highest BCUT2D eigenvalue weighted by molar-refractivity contribution is 5.91. The van der Waals surface area contributed by atoms with E-state index in [0.717, 1.165) is 11.3 Å². The van der Waals surface area contributed by atoms with Crippen LogP contribution in [-0.2, 0) is 11.2 Å². The van der Waals surface area contributed by atoms with Crippen LogP contribution in [0.4, 0.5) is 15.8 Å². The molecular weight excluding hydrogens is 271 g/mol. The first-order valence-corrected chi connectivity index (χ1v) is 6.56. The van der Waals surface area contributed by atoms with Crippen LogP contribution in [0.2, 0.25) is 0 Å². The van der Waals surface area contributed by atoms with E-state index in [0.29, 0.717) is 18.5 Å². The fourth-order valence-electron chi connectivity index (χ4n) is 1.88. The molecule has 0 heterocycles. The number of carbonyl (C=O) groups is 1. The van der Waals surface area contributed by atoms with E-state index in [1.54, 1.807) is 13.2 Å². The van der Waals surface area contributed by atoms with Crippen molar-refractivity contribution in [3.05, 3.63) is 53.8 Å². The summed E-state index contributed by atoms with van der Waals surface area (Å²) in [5.74, 6) is 0.0681. The van der Waals surface area contributed by atoms with E-state index in [2.05, 4.69) is 5.32 Å². The Bertz CT molecular complexity index is 627. The molecule has 0 fully saturated rings. The van der Waals surface area contributed by atoms with Crippen LogP contribution in [0.1, 0.15) is 12.0 Å². The maximum Gasteiger partial charge on any atom is 0.224 e. The summed E-state index contributed by atoms with van der Waals surface area (Å²) in [6.45, 7) is 0. The fourth-order valence-corrected chi connectivity index (χ4v) is 1.88. The Morgan fingerprint density at radius 2 is 1.95 bits per heavy atom. The van der Waals surface area contributed by atoms with Crippen LogP contribution in [0, 0.1) is 5.82 Å². The van der Waals surface area contributed by atoms with Crippen molar-refractivity contribution in [1.29, 1.82) is 0 Å². The van der Waals surface area contributed by atoms with Crippen molar-refractivity contribution >= 4 is 17.3 Å². The summed E-state index contributed by atoms with van der Waals surface area (Å²) in [5, 5.41) is 2.64. The zero-order valence-corrected chi connectivity index (χ0v) is 11.7. The molecule has 2 aromatic carbocycles. The molecule has 0 unspecified atom stereocenters. The SMILES string of the molecule is COc1ccc(CCC(=O)Nc2ccc(N)c(F)c2)cc1. The fraction of sp³-hybridized carbons (Fsp3) is 0.188. The molecule has 110 valence electrons. The van der Waals surface area contributed by atoms with Crippen molar-refractivity contribution in [2.75, 3.05) is 18.2 Å². The lowest BCUT2D eigenvalue weighted by molar-refractivity contribution is -0.116. The lowest BCUT2D eigenvalue weighted by Gasteiger charge is -2.07. The van der Waals surface area contributed by atoms with Crippen molar-refractivity contribution in [1.82, 2.24) is 0 Å². The number of benzene rings is 2. The summed E-state index contributed by atoms with van der Waals surface area (Å²) in [6.07, 6.45) is 0.922. The number of carbonyl (C=O) groups excluding carboxylic acids is 1. The van der Waals surface area contributed by atoms with Crippen molar-refractivity contribution in [3.8, 4) is 5.75 Å². The van der Waals surface area contributed by atoms with E-state index in [4.69, 9.17) is 10.5 Å². The van der Waals surface area contributed by atoms with Crippen LogP contribution < -0.4 is 15.8 Å². The minimum atomic E-state index is -0.539. The molecule has 0 spiro atoms. The molecule has 0 aliphatic heterocycles. The van der Waals surface area contributed by atoms with Crippen LogP contribution in [0.5, 0.6) is 5.75 Å². The van der Waals surface area contributed by atoms with Gasteiger partial charge in [-0.15, -0.1) is 0 Å². The minimum absolute atomic E-state index is 0.0613. The van der Waals surface area contributed by atoms with Gasteiger partial charge in [0.15, 0.2) is 0 Å². The van der Waals surface area contributed by atoms with Gasteiger partial charge in [0.25, 0.3) is 0 Å². The number of hydrogen-bond acceptors (Lipinski definition) is 3. The van der Waals surface area contributed by atoms with Gasteiger partial charge in [0.05, 0.1) is 12.8 Å². The largest absolute Gasteiger partial charge is 0.497 e. The Balaban J connectivity index is 1.87. The average molecular weight is 288 g/mol. The second-order valence-corrected chi connectivity index (χ2v) is 4.63. The van der Waals surface area contributed by atoms with E-state index in [1.165, 1.54) is 12.1 Å². The van der Waals surface area contributed by atoms with Crippen LogP contribution >= 0.6 is 0 Å². The Kier molecular flexibility index (Phi) is 4.77. The van der Waals surface area contributed by atoms with Crippen LogP contribution in [0.25, 0.3) is 0 Å². The summed E-state index contributed by atoms with van der Waals surface area (Å²) in [6, 6.07) is 11.7. The monoisotopic (exact) mass is 288 g/mol. The number of rotatable bonds is 5. The van der Waals surface area contributed by atoms with Gasteiger partial charge in [-0.3, -0.25) is 4.79 Å². The lowest BCUT2D eigenvalue weighted by Crippen LogP contribution is -2.12. The molecular formula is C16H17FN2O2. The zero-order chi connectivity index (χ0) is 15.2. The van der Waals surface area contributed by atoms with E-state index < -0.39 is 5.82 Å². The summed E-state index contributed by atoms with van der Waals surface area (Å²) in [7, 11) is 1.61. The first-order valence-electron chi connectivity index (χ1n) is 6.56. The number of aryl methyl sites for hydroxylation is 1. The average Bonchev–Trinajstić information content (AvgIpc) is 2.49. The normalized spacial score (nSPS) is 10.2. The first kappa shape index (κ1) is 14.8.